The lowest BCUT2D eigenvalue weighted by Crippen LogP contribution is -2.36. The van der Waals surface area contributed by atoms with Crippen LogP contribution in [-0.2, 0) is 0 Å². The van der Waals surface area contributed by atoms with Gasteiger partial charge in [-0.2, -0.15) is 0 Å². The van der Waals surface area contributed by atoms with E-state index in [9.17, 15) is 0 Å². The van der Waals surface area contributed by atoms with Gasteiger partial charge in [0.1, 0.15) is 0 Å². The van der Waals surface area contributed by atoms with E-state index in [2.05, 4.69) is 36.2 Å². The second kappa shape index (κ2) is 6.03. The molecule has 1 fully saturated rings. The molecule has 3 aromatic heterocycles. The molecule has 8 nitrogen and oxygen atoms in total. The van der Waals surface area contributed by atoms with Crippen molar-refractivity contribution in [2.45, 2.75) is 25.3 Å². The Kier molecular flexibility index (Phi) is 3.72. The first-order valence-electron chi connectivity index (χ1n) is 8.09. The smallest absolute Gasteiger partial charge is 0.245 e. The minimum absolute atomic E-state index is 0.185. The van der Waals surface area contributed by atoms with Crippen LogP contribution >= 0.6 is 0 Å². The predicted molar refractivity (Wildman–Crippen MR) is 89.9 cm³/mol. The summed E-state index contributed by atoms with van der Waals surface area (Å²) in [4.78, 5) is 18.0. The summed E-state index contributed by atoms with van der Waals surface area (Å²) in [6.45, 7) is 0.910. The molecule has 4 rings (SSSR count). The molecule has 3 aromatic rings. The van der Waals surface area contributed by atoms with Gasteiger partial charge in [-0.15, -0.1) is 0 Å². The van der Waals surface area contributed by atoms with E-state index in [1.54, 1.807) is 0 Å². The lowest BCUT2D eigenvalue weighted by atomic mass is 9.99. The quantitative estimate of drug-likeness (QED) is 0.724. The van der Waals surface area contributed by atoms with Crippen molar-refractivity contribution in [2.75, 3.05) is 30.4 Å². The molecule has 0 bridgehead atoms. The minimum atomic E-state index is 0.185. The summed E-state index contributed by atoms with van der Waals surface area (Å²) >= 11 is 0. The highest BCUT2D eigenvalue weighted by atomic mass is 16.6. The maximum Gasteiger partial charge on any atom is 0.245 e. The van der Waals surface area contributed by atoms with Gasteiger partial charge in [0.05, 0.1) is 11.7 Å². The molecule has 1 saturated heterocycles. The van der Waals surface area contributed by atoms with Gasteiger partial charge in [-0.3, -0.25) is 4.98 Å². The molecule has 0 saturated carbocycles. The van der Waals surface area contributed by atoms with E-state index in [1.807, 2.05) is 37.3 Å². The van der Waals surface area contributed by atoms with E-state index >= 15 is 0 Å². The molecule has 1 atom stereocenters. The summed E-state index contributed by atoms with van der Waals surface area (Å²) in [7, 11) is 3.90. The normalized spacial score (nSPS) is 18.1. The summed E-state index contributed by atoms with van der Waals surface area (Å²) in [6.07, 6.45) is 5.18. The molecule has 8 heteroatoms. The molecule has 1 aliphatic heterocycles. The fraction of sp³-hybridized carbons (Fsp3) is 0.438. The van der Waals surface area contributed by atoms with Crippen LogP contribution in [0.3, 0.4) is 0 Å². The third kappa shape index (κ3) is 2.53. The molecule has 0 amide bonds. The number of pyridine rings is 1. The summed E-state index contributed by atoms with van der Waals surface area (Å²) in [5, 5.41) is 7.66. The number of aromatic nitrogens is 5. The van der Waals surface area contributed by atoms with Crippen LogP contribution in [0.1, 0.15) is 31.0 Å². The Morgan fingerprint density at radius 2 is 1.96 bits per heavy atom. The Balaban J connectivity index is 1.82. The van der Waals surface area contributed by atoms with Gasteiger partial charge >= 0.3 is 0 Å². The third-order valence-electron chi connectivity index (χ3n) is 4.31. The Morgan fingerprint density at radius 3 is 2.71 bits per heavy atom. The van der Waals surface area contributed by atoms with Crippen molar-refractivity contribution in [2.24, 2.45) is 0 Å². The van der Waals surface area contributed by atoms with E-state index in [0.717, 1.165) is 36.7 Å². The molecule has 0 spiro atoms. The zero-order valence-corrected chi connectivity index (χ0v) is 13.8. The van der Waals surface area contributed by atoms with E-state index in [1.165, 1.54) is 6.42 Å². The highest BCUT2D eigenvalue weighted by Gasteiger charge is 2.29. The van der Waals surface area contributed by atoms with Gasteiger partial charge in [-0.05, 0) is 41.7 Å². The minimum Gasteiger partial charge on any atom is -0.360 e. The van der Waals surface area contributed by atoms with Crippen LogP contribution in [0.2, 0.25) is 0 Å². The van der Waals surface area contributed by atoms with Crippen LogP contribution in [-0.4, -0.2) is 45.9 Å². The van der Waals surface area contributed by atoms with Gasteiger partial charge in [0.25, 0.3) is 0 Å². The van der Waals surface area contributed by atoms with Crippen LogP contribution in [0, 0.1) is 0 Å². The summed E-state index contributed by atoms with van der Waals surface area (Å²) < 4.78 is 4.78. The van der Waals surface area contributed by atoms with Gasteiger partial charge in [0.2, 0.25) is 11.3 Å². The Bertz CT molecular complexity index is 833. The average Bonchev–Trinajstić information content (AvgIpc) is 3.09. The SMILES string of the molecule is CN(C)c1nc2nonc2nc1N1CCCC[C@@H]1c1ccccn1. The van der Waals surface area contributed by atoms with Crippen molar-refractivity contribution in [1.82, 2.24) is 25.3 Å². The number of rotatable bonds is 3. The van der Waals surface area contributed by atoms with E-state index < -0.39 is 0 Å². The standard InChI is InChI=1S/C16H19N7O/c1-22(2)15-16(19-14-13(18-15)20-24-21-14)23-10-6-4-8-12(23)11-7-3-5-9-17-11/h3,5,7,9,12H,4,6,8,10H2,1-2H3/t12-/m1/s1. The van der Waals surface area contributed by atoms with E-state index in [4.69, 9.17) is 4.63 Å². The van der Waals surface area contributed by atoms with Crippen molar-refractivity contribution in [1.29, 1.82) is 0 Å². The Labute approximate surface area is 139 Å². The largest absolute Gasteiger partial charge is 0.360 e. The van der Waals surface area contributed by atoms with Crippen molar-refractivity contribution < 1.29 is 4.63 Å². The first kappa shape index (κ1) is 14.8. The van der Waals surface area contributed by atoms with Crippen LogP contribution in [0.4, 0.5) is 11.6 Å². The van der Waals surface area contributed by atoms with Crippen molar-refractivity contribution in [3.63, 3.8) is 0 Å². The zero-order chi connectivity index (χ0) is 16.5. The van der Waals surface area contributed by atoms with Gasteiger partial charge < -0.3 is 9.80 Å². The second-order valence-electron chi connectivity index (χ2n) is 6.14. The van der Waals surface area contributed by atoms with Crippen molar-refractivity contribution >= 4 is 22.9 Å². The summed E-state index contributed by atoms with van der Waals surface area (Å²) in [5.41, 5.74) is 1.91. The molecule has 0 aromatic carbocycles. The lowest BCUT2D eigenvalue weighted by Gasteiger charge is -2.37. The first-order chi connectivity index (χ1) is 11.7. The van der Waals surface area contributed by atoms with Crippen LogP contribution in [0.25, 0.3) is 11.3 Å². The fourth-order valence-electron chi connectivity index (χ4n) is 3.18. The molecule has 0 unspecified atom stereocenters. The number of piperidine rings is 1. The van der Waals surface area contributed by atoms with E-state index in [-0.39, 0.29) is 6.04 Å². The molecule has 0 radical (unpaired) electrons. The molecule has 24 heavy (non-hydrogen) atoms. The van der Waals surface area contributed by atoms with Gasteiger partial charge in [0, 0.05) is 26.8 Å². The summed E-state index contributed by atoms with van der Waals surface area (Å²) in [6, 6.07) is 6.22. The van der Waals surface area contributed by atoms with Crippen LogP contribution < -0.4 is 9.80 Å². The Hall–Kier alpha value is -2.77. The van der Waals surface area contributed by atoms with Gasteiger partial charge in [0.15, 0.2) is 11.6 Å². The maximum absolute atomic E-state index is 4.78. The molecule has 4 heterocycles. The molecule has 0 aliphatic carbocycles. The highest BCUT2D eigenvalue weighted by molar-refractivity contribution is 5.74. The van der Waals surface area contributed by atoms with Crippen molar-refractivity contribution in [3.05, 3.63) is 30.1 Å². The van der Waals surface area contributed by atoms with Crippen LogP contribution in [0.15, 0.2) is 29.0 Å². The van der Waals surface area contributed by atoms with Crippen LogP contribution in [0.5, 0.6) is 0 Å². The summed E-state index contributed by atoms with van der Waals surface area (Å²) in [5.74, 6) is 1.57. The lowest BCUT2D eigenvalue weighted by molar-refractivity contribution is 0.314. The fourth-order valence-corrected chi connectivity index (χ4v) is 3.18. The molecular formula is C16H19N7O. The average molecular weight is 325 g/mol. The van der Waals surface area contributed by atoms with Gasteiger partial charge in [-0.1, -0.05) is 6.07 Å². The second-order valence-corrected chi connectivity index (χ2v) is 6.14. The maximum atomic E-state index is 4.78. The number of hydrogen-bond acceptors (Lipinski definition) is 8. The van der Waals surface area contributed by atoms with Gasteiger partial charge in [-0.25, -0.2) is 14.6 Å². The topological polar surface area (TPSA) is 84.1 Å². The molecule has 124 valence electrons. The monoisotopic (exact) mass is 325 g/mol. The number of nitrogens with zero attached hydrogens (tertiary/aromatic N) is 7. The zero-order valence-electron chi connectivity index (χ0n) is 13.8. The Morgan fingerprint density at radius 1 is 1.12 bits per heavy atom. The molecule has 0 N–H and O–H groups in total. The number of anilines is 2. The molecular weight excluding hydrogens is 306 g/mol. The van der Waals surface area contributed by atoms with Crippen molar-refractivity contribution in [3.8, 4) is 0 Å². The molecule has 1 aliphatic rings. The van der Waals surface area contributed by atoms with E-state index in [0.29, 0.717) is 11.3 Å². The third-order valence-corrected chi connectivity index (χ3v) is 4.31. The number of fused-ring (bicyclic) bond motifs is 1. The predicted octanol–water partition coefficient (Wildman–Crippen LogP) is 2.21. The highest BCUT2D eigenvalue weighted by Crippen LogP contribution is 2.37. The number of hydrogen-bond donors (Lipinski definition) is 0. The first-order valence-corrected chi connectivity index (χ1v) is 8.09.